The van der Waals surface area contributed by atoms with E-state index in [0.717, 1.165) is 50.0 Å². The molecule has 1 aliphatic heterocycles. The molecule has 0 radical (unpaired) electrons. The van der Waals surface area contributed by atoms with Gasteiger partial charge in [-0.25, -0.2) is 0 Å². The molecule has 1 atom stereocenters. The van der Waals surface area contributed by atoms with Crippen molar-refractivity contribution in [2.75, 3.05) is 32.7 Å². The topological polar surface area (TPSA) is 52.7 Å². The number of aryl methyl sites for hydroxylation is 1. The van der Waals surface area contributed by atoms with Crippen LogP contribution in [0.3, 0.4) is 0 Å². The summed E-state index contributed by atoms with van der Waals surface area (Å²) in [6.07, 6.45) is 5.76. The van der Waals surface area contributed by atoms with Gasteiger partial charge in [0.05, 0.1) is 6.04 Å². The van der Waals surface area contributed by atoms with Crippen LogP contribution >= 0.6 is 0 Å². The van der Waals surface area contributed by atoms with Crippen LogP contribution in [0.15, 0.2) is 24.3 Å². The molecule has 0 unspecified atom stereocenters. The van der Waals surface area contributed by atoms with Crippen molar-refractivity contribution >= 4 is 11.8 Å². The molecule has 0 aromatic heterocycles. The normalized spacial score (nSPS) is 19.5. The Balaban J connectivity index is 1.61. The lowest BCUT2D eigenvalue weighted by atomic mass is 9.94. The molecule has 1 saturated carbocycles. The van der Waals surface area contributed by atoms with Crippen LogP contribution < -0.4 is 5.32 Å². The van der Waals surface area contributed by atoms with Crippen molar-refractivity contribution < 1.29 is 9.59 Å². The minimum Gasteiger partial charge on any atom is -0.355 e. The SMILES string of the molecule is Cc1ccccc1C(=O)N1CCN([C@H](C(=O)NCCC(C)C)C2CCCC2)CC1. The van der Waals surface area contributed by atoms with Gasteiger partial charge in [0.15, 0.2) is 0 Å². The van der Waals surface area contributed by atoms with Gasteiger partial charge in [0.25, 0.3) is 5.91 Å². The Morgan fingerprint density at radius 2 is 1.72 bits per heavy atom. The second-order valence-electron chi connectivity index (χ2n) is 9.11. The van der Waals surface area contributed by atoms with Gasteiger partial charge in [-0.15, -0.1) is 0 Å². The molecule has 29 heavy (non-hydrogen) atoms. The van der Waals surface area contributed by atoms with Crippen molar-refractivity contribution in [2.45, 2.75) is 58.9 Å². The van der Waals surface area contributed by atoms with Crippen molar-refractivity contribution in [3.63, 3.8) is 0 Å². The first-order valence-corrected chi connectivity index (χ1v) is 11.3. The zero-order chi connectivity index (χ0) is 20.8. The van der Waals surface area contributed by atoms with Crippen LogP contribution in [0.2, 0.25) is 0 Å². The molecule has 1 aromatic rings. The lowest BCUT2D eigenvalue weighted by Gasteiger charge is -2.41. The fourth-order valence-electron chi connectivity index (χ4n) is 4.73. The summed E-state index contributed by atoms with van der Waals surface area (Å²) in [5, 5.41) is 3.19. The highest BCUT2D eigenvalue weighted by atomic mass is 16.2. The highest BCUT2D eigenvalue weighted by molar-refractivity contribution is 5.95. The Morgan fingerprint density at radius 1 is 1.07 bits per heavy atom. The number of nitrogens with zero attached hydrogens (tertiary/aromatic N) is 2. The van der Waals surface area contributed by atoms with E-state index < -0.39 is 0 Å². The number of rotatable bonds is 7. The lowest BCUT2D eigenvalue weighted by molar-refractivity contribution is -0.129. The maximum absolute atomic E-state index is 13.1. The van der Waals surface area contributed by atoms with Crippen LogP contribution in [0.4, 0.5) is 0 Å². The molecule has 5 nitrogen and oxygen atoms in total. The van der Waals surface area contributed by atoms with Crippen LogP contribution in [0.1, 0.15) is 61.9 Å². The first-order chi connectivity index (χ1) is 14.0. The van der Waals surface area contributed by atoms with E-state index in [1.165, 1.54) is 12.8 Å². The van der Waals surface area contributed by atoms with Gasteiger partial charge in [0, 0.05) is 38.3 Å². The molecular formula is C24H37N3O2. The van der Waals surface area contributed by atoms with Crippen molar-refractivity contribution in [1.29, 1.82) is 0 Å². The Labute approximate surface area is 175 Å². The van der Waals surface area contributed by atoms with Gasteiger partial charge in [-0.1, -0.05) is 44.9 Å². The molecule has 1 N–H and O–H groups in total. The third-order valence-corrected chi connectivity index (χ3v) is 6.51. The first kappa shape index (κ1) is 21.8. The number of benzene rings is 1. The van der Waals surface area contributed by atoms with E-state index in [4.69, 9.17) is 0 Å². The summed E-state index contributed by atoms with van der Waals surface area (Å²) in [4.78, 5) is 30.3. The third kappa shape index (κ3) is 5.59. The second kappa shape index (κ2) is 10.2. The van der Waals surface area contributed by atoms with E-state index in [9.17, 15) is 9.59 Å². The third-order valence-electron chi connectivity index (χ3n) is 6.51. The average Bonchev–Trinajstić information content (AvgIpc) is 3.22. The summed E-state index contributed by atoms with van der Waals surface area (Å²) >= 11 is 0. The summed E-state index contributed by atoms with van der Waals surface area (Å²) in [5.74, 6) is 1.35. The standard InChI is InChI=1S/C24H37N3O2/c1-18(2)12-13-25-23(28)22(20-9-5-6-10-20)26-14-16-27(17-15-26)24(29)21-11-7-4-8-19(21)3/h4,7-8,11,18,20,22H,5-6,9-10,12-17H2,1-3H3,(H,25,28)/t22-/m0/s1. The molecule has 0 bridgehead atoms. The van der Waals surface area contributed by atoms with Gasteiger partial charge >= 0.3 is 0 Å². The molecule has 3 rings (SSSR count). The number of hydrogen-bond acceptors (Lipinski definition) is 3. The quantitative estimate of drug-likeness (QED) is 0.764. The summed E-state index contributed by atoms with van der Waals surface area (Å²) < 4.78 is 0. The van der Waals surface area contributed by atoms with E-state index in [2.05, 4.69) is 24.1 Å². The minimum atomic E-state index is -0.0413. The summed E-state index contributed by atoms with van der Waals surface area (Å²) in [5.41, 5.74) is 1.81. The van der Waals surface area contributed by atoms with Crippen LogP contribution in [-0.4, -0.2) is 60.4 Å². The maximum Gasteiger partial charge on any atom is 0.254 e. The number of amides is 2. The summed E-state index contributed by atoms with van der Waals surface area (Å²) in [6, 6.07) is 7.75. The van der Waals surface area contributed by atoms with Crippen molar-refractivity contribution in [3.05, 3.63) is 35.4 Å². The Morgan fingerprint density at radius 3 is 2.34 bits per heavy atom. The Bertz CT molecular complexity index is 689. The molecule has 2 amide bonds. The van der Waals surface area contributed by atoms with E-state index in [1.807, 2.05) is 36.1 Å². The lowest BCUT2D eigenvalue weighted by Crippen LogP contribution is -2.58. The van der Waals surface area contributed by atoms with Gasteiger partial charge in [-0.05, 0) is 49.7 Å². The average molecular weight is 400 g/mol. The van der Waals surface area contributed by atoms with Crippen molar-refractivity contribution in [1.82, 2.24) is 15.1 Å². The number of piperazine rings is 1. The van der Waals surface area contributed by atoms with Gasteiger partial charge in [-0.3, -0.25) is 14.5 Å². The maximum atomic E-state index is 13.1. The monoisotopic (exact) mass is 399 g/mol. The number of carbonyl (C=O) groups excluding carboxylic acids is 2. The molecule has 1 heterocycles. The van der Waals surface area contributed by atoms with Crippen LogP contribution in [0.25, 0.3) is 0 Å². The van der Waals surface area contributed by atoms with E-state index in [1.54, 1.807) is 0 Å². The first-order valence-electron chi connectivity index (χ1n) is 11.3. The molecule has 2 aliphatic rings. The van der Waals surface area contributed by atoms with Crippen LogP contribution in [0, 0.1) is 18.8 Å². The van der Waals surface area contributed by atoms with E-state index in [0.29, 0.717) is 24.9 Å². The molecule has 1 saturated heterocycles. The largest absolute Gasteiger partial charge is 0.355 e. The zero-order valence-corrected chi connectivity index (χ0v) is 18.3. The van der Waals surface area contributed by atoms with E-state index in [-0.39, 0.29) is 17.9 Å². The van der Waals surface area contributed by atoms with Gasteiger partial charge < -0.3 is 10.2 Å². The van der Waals surface area contributed by atoms with Crippen LogP contribution in [-0.2, 0) is 4.79 Å². The fourth-order valence-corrected chi connectivity index (χ4v) is 4.73. The molecular weight excluding hydrogens is 362 g/mol. The van der Waals surface area contributed by atoms with Gasteiger partial charge in [-0.2, -0.15) is 0 Å². The smallest absolute Gasteiger partial charge is 0.254 e. The number of hydrogen-bond donors (Lipinski definition) is 1. The summed E-state index contributed by atoms with van der Waals surface area (Å²) in [6.45, 7) is 10.0. The Kier molecular flexibility index (Phi) is 7.70. The Hall–Kier alpha value is -1.88. The highest BCUT2D eigenvalue weighted by Crippen LogP contribution is 2.31. The zero-order valence-electron chi connectivity index (χ0n) is 18.3. The predicted molar refractivity (Wildman–Crippen MR) is 117 cm³/mol. The predicted octanol–water partition coefficient (Wildman–Crippen LogP) is 3.47. The molecule has 1 aliphatic carbocycles. The molecule has 160 valence electrons. The molecule has 1 aromatic carbocycles. The van der Waals surface area contributed by atoms with E-state index >= 15 is 0 Å². The highest BCUT2D eigenvalue weighted by Gasteiger charge is 2.37. The van der Waals surface area contributed by atoms with Gasteiger partial charge in [0.2, 0.25) is 5.91 Å². The fraction of sp³-hybridized carbons (Fsp3) is 0.667. The molecule has 5 heteroatoms. The van der Waals surface area contributed by atoms with Crippen molar-refractivity contribution in [2.24, 2.45) is 11.8 Å². The summed E-state index contributed by atoms with van der Waals surface area (Å²) in [7, 11) is 0. The molecule has 0 spiro atoms. The number of nitrogens with one attached hydrogen (secondary N) is 1. The van der Waals surface area contributed by atoms with Crippen molar-refractivity contribution in [3.8, 4) is 0 Å². The molecule has 2 fully saturated rings. The number of carbonyl (C=O) groups is 2. The second-order valence-corrected chi connectivity index (χ2v) is 9.11. The minimum absolute atomic E-state index is 0.0413. The van der Waals surface area contributed by atoms with Gasteiger partial charge in [0.1, 0.15) is 0 Å². The van der Waals surface area contributed by atoms with Crippen LogP contribution in [0.5, 0.6) is 0 Å².